The Morgan fingerprint density at radius 1 is 1.17 bits per heavy atom. The highest BCUT2D eigenvalue weighted by Gasteiger charge is 2.42. The maximum atomic E-state index is 13.9. The summed E-state index contributed by atoms with van der Waals surface area (Å²) in [7, 11) is 0. The summed E-state index contributed by atoms with van der Waals surface area (Å²) in [6.07, 6.45) is 4.06. The first-order valence-electron chi connectivity index (χ1n) is 10.6. The molecule has 0 radical (unpaired) electrons. The molecule has 1 spiro atoms. The Hall–Kier alpha value is -0.930. The monoisotopic (exact) mass is 517 g/mol. The lowest BCUT2D eigenvalue weighted by molar-refractivity contribution is 0.0529. The third-order valence-electron chi connectivity index (χ3n) is 6.68. The first kappa shape index (κ1) is 22.7. The van der Waals surface area contributed by atoms with Crippen LogP contribution in [0.2, 0.25) is 0 Å². The van der Waals surface area contributed by atoms with Crippen LogP contribution in [0.15, 0.2) is 29.3 Å². The molecular formula is C22H33FIN3O2. The molecule has 3 aliphatic rings. The van der Waals surface area contributed by atoms with Crippen LogP contribution >= 0.6 is 24.0 Å². The molecule has 1 aromatic carbocycles. The molecule has 162 valence electrons. The van der Waals surface area contributed by atoms with Gasteiger partial charge in [-0.25, -0.2) is 4.39 Å². The Morgan fingerprint density at radius 3 is 2.66 bits per heavy atom. The van der Waals surface area contributed by atoms with Gasteiger partial charge in [-0.05, 0) is 50.3 Å². The number of nitrogens with one attached hydrogen (secondary N) is 1. The van der Waals surface area contributed by atoms with Crippen LogP contribution in [0.4, 0.5) is 4.39 Å². The van der Waals surface area contributed by atoms with Crippen molar-refractivity contribution in [1.29, 1.82) is 0 Å². The highest BCUT2D eigenvalue weighted by Crippen LogP contribution is 2.39. The lowest BCUT2D eigenvalue weighted by atomic mass is 9.74. The molecule has 0 saturated carbocycles. The number of halogens is 2. The minimum atomic E-state index is -0.179. The first-order valence-corrected chi connectivity index (χ1v) is 10.6. The fourth-order valence-corrected chi connectivity index (χ4v) is 4.86. The van der Waals surface area contributed by atoms with Crippen molar-refractivity contribution in [2.45, 2.75) is 38.0 Å². The highest BCUT2D eigenvalue weighted by molar-refractivity contribution is 14.0. The number of rotatable bonds is 4. The minimum Gasteiger partial charge on any atom is -0.381 e. The quantitative estimate of drug-likeness (QED) is 0.377. The van der Waals surface area contributed by atoms with E-state index >= 15 is 0 Å². The van der Waals surface area contributed by atoms with Crippen LogP contribution in [0, 0.1) is 11.2 Å². The van der Waals surface area contributed by atoms with Crippen molar-refractivity contribution in [2.24, 2.45) is 10.4 Å². The predicted octanol–water partition coefficient (Wildman–Crippen LogP) is 3.57. The molecule has 3 aliphatic heterocycles. The van der Waals surface area contributed by atoms with Gasteiger partial charge in [-0.1, -0.05) is 12.1 Å². The summed E-state index contributed by atoms with van der Waals surface area (Å²) in [6.45, 7) is 8.78. The van der Waals surface area contributed by atoms with Gasteiger partial charge in [0.05, 0.1) is 13.2 Å². The molecule has 1 atom stereocenters. The van der Waals surface area contributed by atoms with Gasteiger partial charge in [-0.15, -0.1) is 24.0 Å². The van der Waals surface area contributed by atoms with Crippen molar-refractivity contribution in [1.82, 2.24) is 10.2 Å². The molecule has 5 nitrogen and oxygen atoms in total. The zero-order valence-corrected chi connectivity index (χ0v) is 19.6. The van der Waals surface area contributed by atoms with E-state index < -0.39 is 0 Å². The lowest BCUT2D eigenvalue weighted by Gasteiger charge is -2.37. The molecule has 0 aromatic heterocycles. The standard InChI is InChI=1S/C22H32FN3O2.HI/c1-2-24-20(26-10-6-21(16-26)7-11-28-17-21)25-15-22(8-12-27-13-9-22)18-4-3-5-19(23)14-18;/h3-5,14H,2,6-13,15-17H2,1H3,(H,24,25);1H. The van der Waals surface area contributed by atoms with E-state index in [1.807, 2.05) is 6.07 Å². The number of benzene rings is 1. The predicted molar refractivity (Wildman–Crippen MR) is 124 cm³/mol. The number of hydrogen-bond acceptors (Lipinski definition) is 3. The van der Waals surface area contributed by atoms with Crippen molar-refractivity contribution >= 4 is 29.9 Å². The van der Waals surface area contributed by atoms with Crippen LogP contribution in [0.5, 0.6) is 0 Å². The highest BCUT2D eigenvalue weighted by atomic mass is 127. The van der Waals surface area contributed by atoms with E-state index in [0.29, 0.717) is 25.2 Å². The van der Waals surface area contributed by atoms with Crippen molar-refractivity contribution in [3.8, 4) is 0 Å². The number of hydrogen-bond donors (Lipinski definition) is 1. The average molecular weight is 517 g/mol. The van der Waals surface area contributed by atoms with Gasteiger partial charge in [0, 0.05) is 50.3 Å². The molecule has 1 unspecified atom stereocenters. The summed E-state index contributed by atoms with van der Waals surface area (Å²) in [5, 5.41) is 3.48. The van der Waals surface area contributed by atoms with E-state index in [4.69, 9.17) is 14.5 Å². The molecule has 3 saturated heterocycles. The van der Waals surface area contributed by atoms with Gasteiger partial charge in [-0.3, -0.25) is 4.99 Å². The Bertz CT molecular complexity index is 703. The van der Waals surface area contributed by atoms with Gasteiger partial charge >= 0.3 is 0 Å². The molecular weight excluding hydrogens is 484 g/mol. The van der Waals surface area contributed by atoms with E-state index in [0.717, 1.165) is 63.6 Å². The van der Waals surface area contributed by atoms with Crippen molar-refractivity contribution in [3.05, 3.63) is 35.6 Å². The van der Waals surface area contributed by atoms with Gasteiger partial charge in [0.1, 0.15) is 5.82 Å². The molecule has 0 bridgehead atoms. The first-order chi connectivity index (χ1) is 13.6. The summed E-state index contributed by atoms with van der Waals surface area (Å²) in [4.78, 5) is 7.45. The average Bonchev–Trinajstić information content (AvgIpc) is 3.36. The van der Waals surface area contributed by atoms with Crippen molar-refractivity contribution in [3.63, 3.8) is 0 Å². The van der Waals surface area contributed by atoms with Crippen LogP contribution in [0.1, 0.15) is 38.2 Å². The van der Waals surface area contributed by atoms with E-state index in [-0.39, 0.29) is 35.2 Å². The number of aliphatic imine (C=N–C) groups is 1. The molecule has 3 heterocycles. The normalized spacial score (nSPS) is 26.6. The number of likely N-dealkylation sites (tertiary alicyclic amines) is 1. The maximum Gasteiger partial charge on any atom is 0.193 e. The zero-order valence-electron chi connectivity index (χ0n) is 17.3. The maximum absolute atomic E-state index is 13.9. The van der Waals surface area contributed by atoms with Gasteiger partial charge in [0.25, 0.3) is 0 Å². The third kappa shape index (κ3) is 5.05. The Morgan fingerprint density at radius 2 is 1.97 bits per heavy atom. The van der Waals surface area contributed by atoms with Gasteiger partial charge < -0.3 is 19.7 Å². The van der Waals surface area contributed by atoms with Crippen LogP contribution in [0.3, 0.4) is 0 Å². The summed E-state index contributed by atoms with van der Waals surface area (Å²) < 4.78 is 25.2. The molecule has 7 heteroatoms. The van der Waals surface area contributed by atoms with E-state index in [2.05, 4.69) is 17.1 Å². The second kappa shape index (κ2) is 9.92. The van der Waals surface area contributed by atoms with Crippen LogP contribution < -0.4 is 5.32 Å². The van der Waals surface area contributed by atoms with E-state index in [9.17, 15) is 4.39 Å². The van der Waals surface area contributed by atoms with Gasteiger partial charge in [0.15, 0.2) is 5.96 Å². The topological polar surface area (TPSA) is 46.1 Å². The molecule has 3 fully saturated rings. The van der Waals surface area contributed by atoms with E-state index in [1.165, 1.54) is 12.5 Å². The molecule has 29 heavy (non-hydrogen) atoms. The van der Waals surface area contributed by atoms with E-state index in [1.54, 1.807) is 12.1 Å². The summed E-state index contributed by atoms with van der Waals surface area (Å²) in [5.74, 6) is 0.801. The minimum absolute atomic E-state index is 0. The summed E-state index contributed by atoms with van der Waals surface area (Å²) in [6, 6.07) is 7.03. The van der Waals surface area contributed by atoms with Crippen molar-refractivity contribution < 1.29 is 13.9 Å². The molecule has 0 aliphatic carbocycles. The Balaban J connectivity index is 0.00000240. The summed E-state index contributed by atoms with van der Waals surface area (Å²) in [5.41, 5.74) is 1.18. The largest absolute Gasteiger partial charge is 0.381 e. The number of nitrogens with zero attached hydrogens (tertiary/aromatic N) is 2. The Labute approximate surface area is 190 Å². The van der Waals surface area contributed by atoms with Gasteiger partial charge in [0.2, 0.25) is 0 Å². The van der Waals surface area contributed by atoms with Crippen LogP contribution in [-0.2, 0) is 14.9 Å². The SMILES string of the molecule is CCNC(=NCC1(c2cccc(F)c2)CCOCC1)N1CCC2(CCOC2)C1.I. The van der Waals surface area contributed by atoms with Crippen LogP contribution in [-0.4, -0.2) is 63.5 Å². The second-order valence-electron chi connectivity index (χ2n) is 8.55. The smallest absolute Gasteiger partial charge is 0.193 e. The summed E-state index contributed by atoms with van der Waals surface area (Å²) >= 11 is 0. The molecule has 4 rings (SSSR count). The number of ether oxygens (including phenoxy) is 2. The molecule has 0 amide bonds. The second-order valence-corrected chi connectivity index (χ2v) is 8.55. The zero-order chi connectivity index (χ0) is 19.5. The number of guanidine groups is 1. The fourth-order valence-electron chi connectivity index (χ4n) is 4.86. The van der Waals surface area contributed by atoms with Crippen LogP contribution in [0.25, 0.3) is 0 Å². The fraction of sp³-hybridized carbons (Fsp3) is 0.682. The molecule has 1 aromatic rings. The molecule has 1 N–H and O–H groups in total. The van der Waals surface area contributed by atoms with Crippen molar-refractivity contribution in [2.75, 3.05) is 52.6 Å². The lowest BCUT2D eigenvalue weighted by Crippen LogP contribution is -2.43. The third-order valence-corrected chi connectivity index (χ3v) is 6.68. The Kier molecular flexibility index (Phi) is 7.78. The van der Waals surface area contributed by atoms with Gasteiger partial charge in [-0.2, -0.15) is 0 Å².